The highest BCUT2D eigenvalue weighted by Crippen LogP contribution is 2.39. The fourth-order valence-corrected chi connectivity index (χ4v) is 5.02. The molecule has 0 radical (unpaired) electrons. The highest BCUT2D eigenvalue weighted by atomic mass is 16.5. The van der Waals surface area contributed by atoms with Crippen molar-refractivity contribution in [3.8, 4) is 0 Å². The second-order valence-corrected chi connectivity index (χ2v) is 7.91. The third kappa shape index (κ3) is 2.64. The van der Waals surface area contributed by atoms with Crippen LogP contribution in [0, 0.1) is 0 Å². The molecule has 2 aromatic rings. The first kappa shape index (κ1) is 16.0. The minimum Gasteiger partial charge on any atom is -0.371 e. The molecular weight excluding hydrogens is 328 g/mol. The normalized spacial score (nSPS) is 30.8. The summed E-state index contributed by atoms with van der Waals surface area (Å²) in [6.07, 6.45) is 4.60. The molecule has 2 bridgehead atoms. The van der Waals surface area contributed by atoms with Gasteiger partial charge in [0, 0.05) is 30.6 Å². The Morgan fingerprint density at radius 3 is 2.81 bits per heavy atom. The average Bonchev–Trinajstić information content (AvgIpc) is 2.99. The molecule has 1 aromatic heterocycles. The number of carbonyl (C=O) groups excluding carboxylic acids is 1. The monoisotopic (exact) mass is 352 g/mol. The highest BCUT2D eigenvalue weighted by molar-refractivity contribution is 6.06. The number of ether oxygens (including phenoxy) is 1. The number of primary amides is 1. The van der Waals surface area contributed by atoms with E-state index in [1.54, 1.807) is 0 Å². The quantitative estimate of drug-likeness (QED) is 0.862. The van der Waals surface area contributed by atoms with Crippen molar-refractivity contribution in [3.63, 3.8) is 0 Å². The number of para-hydroxylation sites is 1. The molecule has 3 atom stereocenters. The number of fused-ring (bicyclic) bond motifs is 3. The molecule has 1 amide bonds. The van der Waals surface area contributed by atoms with E-state index in [0.29, 0.717) is 24.3 Å². The number of carbonyl (C=O) groups is 1. The van der Waals surface area contributed by atoms with Crippen LogP contribution in [0.5, 0.6) is 0 Å². The molecule has 1 unspecified atom stereocenters. The second-order valence-electron chi connectivity index (χ2n) is 7.91. The Bertz CT molecular complexity index is 856. The number of piperidine rings is 1. The largest absolute Gasteiger partial charge is 0.371 e. The summed E-state index contributed by atoms with van der Waals surface area (Å²) >= 11 is 0. The molecule has 0 aliphatic carbocycles. The van der Waals surface area contributed by atoms with Crippen LogP contribution in [-0.4, -0.2) is 48.3 Å². The van der Waals surface area contributed by atoms with Crippen LogP contribution < -0.4 is 16.0 Å². The summed E-state index contributed by atoms with van der Waals surface area (Å²) in [6.45, 7) is 2.30. The summed E-state index contributed by atoms with van der Waals surface area (Å²) in [5, 5.41) is 4.50. The minimum absolute atomic E-state index is 0.102. The van der Waals surface area contributed by atoms with Gasteiger partial charge in [0.15, 0.2) is 0 Å². The second kappa shape index (κ2) is 5.93. The third-order valence-electron chi connectivity index (χ3n) is 6.11. The van der Waals surface area contributed by atoms with Crippen molar-refractivity contribution >= 4 is 22.6 Å². The molecule has 136 valence electrons. The highest BCUT2D eigenvalue weighted by Gasteiger charge is 2.47. The van der Waals surface area contributed by atoms with Crippen LogP contribution in [0.25, 0.3) is 10.9 Å². The maximum atomic E-state index is 12.0. The fourth-order valence-electron chi connectivity index (χ4n) is 5.02. The van der Waals surface area contributed by atoms with Crippen molar-refractivity contribution in [1.29, 1.82) is 0 Å². The minimum atomic E-state index is -0.410. The van der Waals surface area contributed by atoms with Gasteiger partial charge in [-0.25, -0.2) is 4.98 Å². The van der Waals surface area contributed by atoms with Gasteiger partial charge in [0.25, 0.3) is 0 Å². The van der Waals surface area contributed by atoms with Crippen LogP contribution in [0.3, 0.4) is 0 Å². The topological polar surface area (TPSA) is 80.5 Å². The van der Waals surface area contributed by atoms with E-state index < -0.39 is 5.91 Å². The summed E-state index contributed by atoms with van der Waals surface area (Å²) < 4.78 is 6.30. The number of hydrogen-bond donors (Lipinski definition) is 2. The fraction of sp³-hybridized carbons (Fsp3) is 0.500. The molecule has 4 heterocycles. The van der Waals surface area contributed by atoms with Crippen molar-refractivity contribution in [1.82, 2.24) is 10.3 Å². The van der Waals surface area contributed by atoms with Crippen molar-refractivity contribution < 1.29 is 9.53 Å². The van der Waals surface area contributed by atoms with E-state index in [0.717, 1.165) is 42.7 Å². The molecule has 1 spiro atoms. The van der Waals surface area contributed by atoms with E-state index in [-0.39, 0.29) is 5.60 Å². The van der Waals surface area contributed by atoms with Gasteiger partial charge in [-0.3, -0.25) is 4.79 Å². The lowest BCUT2D eigenvalue weighted by molar-refractivity contribution is -0.0845. The van der Waals surface area contributed by atoms with Gasteiger partial charge < -0.3 is 20.7 Å². The molecule has 26 heavy (non-hydrogen) atoms. The van der Waals surface area contributed by atoms with Gasteiger partial charge in [-0.2, -0.15) is 0 Å². The molecule has 6 heteroatoms. The number of nitrogens with one attached hydrogen (secondary N) is 1. The van der Waals surface area contributed by atoms with Crippen molar-refractivity contribution in [2.24, 2.45) is 5.73 Å². The van der Waals surface area contributed by atoms with Gasteiger partial charge in [-0.05, 0) is 37.8 Å². The van der Waals surface area contributed by atoms with E-state index in [1.807, 2.05) is 30.3 Å². The number of rotatable bonds is 2. The molecule has 3 aliphatic rings. The molecule has 3 fully saturated rings. The molecular formula is C20H24N4O2. The zero-order chi connectivity index (χ0) is 17.7. The number of anilines is 1. The Balaban J connectivity index is 1.50. The van der Waals surface area contributed by atoms with E-state index in [1.165, 1.54) is 12.8 Å². The van der Waals surface area contributed by atoms with Crippen molar-refractivity contribution in [3.05, 3.63) is 35.9 Å². The Kier molecular flexibility index (Phi) is 3.65. The molecule has 1 aromatic carbocycles. The number of amides is 1. The summed E-state index contributed by atoms with van der Waals surface area (Å²) in [7, 11) is 0. The number of nitrogens with two attached hydrogens (primary N) is 1. The SMILES string of the molecule is NC(=O)c1cc(N2CCOC3(C[C@H]4CC[C@@H](C3)N4)C2)nc2ccccc12. The first-order chi connectivity index (χ1) is 12.6. The lowest BCUT2D eigenvalue weighted by atomic mass is 9.85. The number of benzene rings is 1. The zero-order valence-corrected chi connectivity index (χ0v) is 14.8. The maximum Gasteiger partial charge on any atom is 0.249 e. The molecule has 6 nitrogen and oxygen atoms in total. The van der Waals surface area contributed by atoms with Gasteiger partial charge in [0.2, 0.25) is 5.91 Å². The molecule has 3 N–H and O–H groups in total. The molecule has 3 saturated heterocycles. The predicted octanol–water partition coefficient (Wildman–Crippen LogP) is 1.82. The Morgan fingerprint density at radius 1 is 1.27 bits per heavy atom. The van der Waals surface area contributed by atoms with E-state index in [9.17, 15) is 4.79 Å². The number of nitrogens with zero attached hydrogens (tertiary/aromatic N) is 2. The van der Waals surface area contributed by atoms with Gasteiger partial charge in [-0.15, -0.1) is 0 Å². The van der Waals surface area contributed by atoms with Crippen LogP contribution in [0.1, 0.15) is 36.0 Å². The summed E-state index contributed by atoms with van der Waals surface area (Å²) in [6, 6.07) is 10.7. The first-order valence-corrected chi connectivity index (χ1v) is 9.46. The van der Waals surface area contributed by atoms with E-state index in [2.05, 4.69) is 10.2 Å². The van der Waals surface area contributed by atoms with Gasteiger partial charge in [0.1, 0.15) is 5.82 Å². The lowest BCUT2D eigenvalue weighted by Gasteiger charge is -2.47. The maximum absolute atomic E-state index is 12.0. The Labute approximate surface area is 152 Å². The van der Waals surface area contributed by atoms with Gasteiger partial charge in [-0.1, -0.05) is 18.2 Å². The lowest BCUT2D eigenvalue weighted by Crippen LogP contribution is -2.59. The Morgan fingerprint density at radius 2 is 2.04 bits per heavy atom. The smallest absolute Gasteiger partial charge is 0.249 e. The van der Waals surface area contributed by atoms with Crippen LogP contribution in [-0.2, 0) is 4.74 Å². The van der Waals surface area contributed by atoms with Gasteiger partial charge >= 0.3 is 0 Å². The van der Waals surface area contributed by atoms with E-state index in [4.69, 9.17) is 15.5 Å². The predicted molar refractivity (Wildman–Crippen MR) is 100 cm³/mol. The molecule has 3 aliphatic heterocycles. The van der Waals surface area contributed by atoms with Crippen LogP contribution in [0.4, 0.5) is 5.82 Å². The van der Waals surface area contributed by atoms with Crippen molar-refractivity contribution in [2.45, 2.75) is 43.4 Å². The van der Waals surface area contributed by atoms with E-state index >= 15 is 0 Å². The standard InChI is InChI=1S/C20H24N4O2/c21-19(25)16-9-18(23-17-4-2-1-3-15(16)17)24-7-8-26-20(12-24)10-13-5-6-14(11-20)22-13/h1-4,9,13-14,22H,5-8,10-12H2,(H2,21,25)/t13-,14+,20?. The average molecular weight is 352 g/mol. The van der Waals surface area contributed by atoms with Crippen LogP contribution in [0.15, 0.2) is 30.3 Å². The van der Waals surface area contributed by atoms with Crippen LogP contribution >= 0.6 is 0 Å². The van der Waals surface area contributed by atoms with Crippen molar-refractivity contribution in [2.75, 3.05) is 24.6 Å². The summed E-state index contributed by atoms with van der Waals surface area (Å²) in [4.78, 5) is 19.1. The van der Waals surface area contributed by atoms with Gasteiger partial charge in [0.05, 0.1) is 23.3 Å². The first-order valence-electron chi connectivity index (χ1n) is 9.46. The molecule has 5 rings (SSSR count). The number of pyridine rings is 1. The van der Waals surface area contributed by atoms with Crippen LogP contribution in [0.2, 0.25) is 0 Å². The third-order valence-corrected chi connectivity index (χ3v) is 6.11. The number of aromatic nitrogens is 1. The number of hydrogen-bond acceptors (Lipinski definition) is 5. The zero-order valence-electron chi connectivity index (χ0n) is 14.8. The summed E-state index contributed by atoms with van der Waals surface area (Å²) in [5.41, 5.74) is 6.89. The summed E-state index contributed by atoms with van der Waals surface area (Å²) in [5.74, 6) is 0.416. The Hall–Kier alpha value is -2.18. The molecule has 0 saturated carbocycles. The number of morpholine rings is 1.